The van der Waals surface area contributed by atoms with Crippen molar-refractivity contribution in [3.63, 3.8) is 0 Å². The number of carbonyl (C=O) groups is 1. The van der Waals surface area contributed by atoms with Gasteiger partial charge in [0, 0.05) is 25.3 Å². The first-order valence-corrected chi connectivity index (χ1v) is 8.66. The van der Waals surface area contributed by atoms with Crippen molar-refractivity contribution in [1.82, 2.24) is 10.3 Å². The van der Waals surface area contributed by atoms with Gasteiger partial charge in [0.05, 0.1) is 11.1 Å². The monoisotopic (exact) mass is 428 g/mol. The number of rotatable bonds is 3. The van der Waals surface area contributed by atoms with Crippen LogP contribution in [0.25, 0.3) is 0 Å². The molecule has 5 nitrogen and oxygen atoms in total. The fraction of sp³-hybridized carbons (Fsp3) is 0.647. The van der Waals surface area contributed by atoms with Gasteiger partial charge >= 0.3 is 6.18 Å². The smallest absolute Gasteiger partial charge is 0.356 e. The van der Waals surface area contributed by atoms with E-state index in [4.69, 9.17) is 5.73 Å². The highest BCUT2D eigenvalue weighted by atomic mass is 35.5. The van der Waals surface area contributed by atoms with Crippen molar-refractivity contribution in [3.8, 4) is 0 Å². The molecule has 0 aromatic carbocycles. The van der Waals surface area contributed by atoms with Crippen molar-refractivity contribution in [2.75, 3.05) is 18.0 Å². The normalized spacial score (nSPS) is 19.8. The molecule has 1 saturated carbocycles. The number of halogens is 5. The van der Waals surface area contributed by atoms with E-state index in [1.807, 2.05) is 4.90 Å². The molecule has 27 heavy (non-hydrogen) atoms. The van der Waals surface area contributed by atoms with Crippen molar-refractivity contribution in [1.29, 1.82) is 0 Å². The molecule has 154 valence electrons. The number of nitrogens with one attached hydrogen (secondary N) is 1. The number of carbonyl (C=O) groups excluding carboxylic acids is 1. The Balaban J connectivity index is 0.00000182. The van der Waals surface area contributed by atoms with Crippen molar-refractivity contribution >= 4 is 36.5 Å². The molecule has 0 spiro atoms. The molecule has 1 amide bonds. The number of hydrogen-bond donors (Lipinski definition) is 2. The number of amides is 1. The predicted molar refractivity (Wildman–Crippen MR) is 102 cm³/mol. The van der Waals surface area contributed by atoms with Gasteiger partial charge in [-0.25, -0.2) is 4.98 Å². The summed E-state index contributed by atoms with van der Waals surface area (Å²) in [5.74, 6) is 0.458. The highest BCUT2D eigenvalue weighted by Crippen LogP contribution is 2.30. The van der Waals surface area contributed by atoms with E-state index >= 15 is 0 Å². The molecular formula is C17H25Cl2F3N4O. The molecule has 0 bridgehead atoms. The largest absolute Gasteiger partial charge is 0.417 e. The Morgan fingerprint density at radius 1 is 1.19 bits per heavy atom. The fourth-order valence-corrected chi connectivity index (χ4v) is 3.56. The Bertz CT molecular complexity index is 614. The van der Waals surface area contributed by atoms with Crippen LogP contribution in [0, 0.1) is 0 Å². The van der Waals surface area contributed by atoms with Crippen LogP contribution in [-0.2, 0) is 11.0 Å². The quantitative estimate of drug-likeness (QED) is 0.774. The predicted octanol–water partition coefficient (Wildman–Crippen LogP) is 3.30. The molecule has 1 aliphatic carbocycles. The molecule has 3 rings (SSSR count). The van der Waals surface area contributed by atoms with E-state index in [1.54, 1.807) is 0 Å². The molecule has 0 radical (unpaired) electrons. The van der Waals surface area contributed by atoms with Gasteiger partial charge in [0.15, 0.2) is 0 Å². The Morgan fingerprint density at radius 2 is 1.78 bits per heavy atom. The SMILES string of the molecule is Cl.Cl.NC1(C(=O)NC2CCN(c3ccc(C(F)(F)F)cn3)CC2)CCCC1. The summed E-state index contributed by atoms with van der Waals surface area (Å²) in [4.78, 5) is 18.2. The van der Waals surface area contributed by atoms with Gasteiger partial charge in [-0.2, -0.15) is 13.2 Å². The lowest BCUT2D eigenvalue weighted by molar-refractivity contribution is -0.137. The third-order valence-electron chi connectivity index (χ3n) is 5.18. The maximum absolute atomic E-state index is 12.6. The van der Waals surface area contributed by atoms with Crippen LogP contribution in [-0.4, -0.2) is 35.6 Å². The summed E-state index contributed by atoms with van der Waals surface area (Å²) < 4.78 is 37.8. The summed E-state index contributed by atoms with van der Waals surface area (Å²) in [6.45, 7) is 1.28. The second-order valence-electron chi connectivity index (χ2n) is 7.00. The zero-order valence-electron chi connectivity index (χ0n) is 14.8. The van der Waals surface area contributed by atoms with Crippen molar-refractivity contribution in [2.24, 2.45) is 5.73 Å². The first-order valence-electron chi connectivity index (χ1n) is 8.66. The minimum Gasteiger partial charge on any atom is -0.356 e. The van der Waals surface area contributed by atoms with Crippen LogP contribution in [0.1, 0.15) is 44.1 Å². The van der Waals surface area contributed by atoms with E-state index in [0.29, 0.717) is 18.9 Å². The molecule has 0 atom stereocenters. The lowest BCUT2D eigenvalue weighted by atomic mass is 9.96. The average molecular weight is 429 g/mol. The first-order chi connectivity index (χ1) is 11.8. The van der Waals surface area contributed by atoms with Gasteiger partial charge in [-0.05, 0) is 37.8 Å². The van der Waals surface area contributed by atoms with E-state index in [1.165, 1.54) is 6.07 Å². The molecule has 10 heteroatoms. The Kier molecular flexibility index (Phi) is 8.19. The average Bonchev–Trinajstić information content (AvgIpc) is 3.03. The van der Waals surface area contributed by atoms with Gasteiger partial charge in [0.1, 0.15) is 5.82 Å². The summed E-state index contributed by atoms with van der Waals surface area (Å²) >= 11 is 0. The minimum atomic E-state index is -4.37. The van der Waals surface area contributed by atoms with Gasteiger partial charge in [0.25, 0.3) is 0 Å². The zero-order valence-corrected chi connectivity index (χ0v) is 16.4. The van der Waals surface area contributed by atoms with Gasteiger partial charge in [-0.15, -0.1) is 24.8 Å². The van der Waals surface area contributed by atoms with Crippen LogP contribution >= 0.6 is 24.8 Å². The minimum absolute atomic E-state index is 0. The first kappa shape index (κ1) is 23.8. The summed E-state index contributed by atoms with van der Waals surface area (Å²) in [6.07, 6.45) is 1.38. The molecule has 1 saturated heterocycles. The van der Waals surface area contributed by atoms with Crippen molar-refractivity contribution in [2.45, 2.75) is 56.3 Å². The molecular weight excluding hydrogens is 404 g/mol. The number of pyridine rings is 1. The standard InChI is InChI=1S/C17H23F3N4O.2ClH/c18-17(19,20)12-3-4-14(22-11-12)24-9-5-13(6-10-24)23-15(25)16(21)7-1-2-8-16;;/h3-4,11,13H,1-2,5-10,21H2,(H,23,25);2*1H. The van der Waals surface area contributed by atoms with Crippen LogP contribution in [0.4, 0.5) is 19.0 Å². The second-order valence-corrected chi connectivity index (χ2v) is 7.00. The molecule has 2 fully saturated rings. The number of nitrogens with two attached hydrogens (primary N) is 1. The molecule has 1 aliphatic heterocycles. The van der Waals surface area contributed by atoms with Crippen LogP contribution < -0.4 is 16.0 Å². The summed E-state index contributed by atoms with van der Waals surface area (Å²) in [6, 6.07) is 2.50. The van der Waals surface area contributed by atoms with Crippen LogP contribution in [0.2, 0.25) is 0 Å². The maximum Gasteiger partial charge on any atom is 0.417 e. The maximum atomic E-state index is 12.6. The van der Waals surface area contributed by atoms with Crippen molar-refractivity contribution in [3.05, 3.63) is 23.9 Å². The van der Waals surface area contributed by atoms with E-state index in [-0.39, 0.29) is 36.8 Å². The van der Waals surface area contributed by atoms with Crippen LogP contribution in [0.3, 0.4) is 0 Å². The van der Waals surface area contributed by atoms with Gasteiger partial charge in [0.2, 0.25) is 5.91 Å². The Morgan fingerprint density at radius 3 is 2.26 bits per heavy atom. The van der Waals surface area contributed by atoms with Gasteiger partial charge in [-0.3, -0.25) is 4.79 Å². The number of nitrogens with zero attached hydrogens (tertiary/aromatic N) is 2. The Labute approximate surface area is 169 Å². The fourth-order valence-electron chi connectivity index (χ4n) is 3.56. The lowest BCUT2D eigenvalue weighted by Gasteiger charge is -2.35. The molecule has 2 heterocycles. The summed E-state index contributed by atoms with van der Waals surface area (Å²) in [5, 5.41) is 3.04. The molecule has 0 unspecified atom stereocenters. The van der Waals surface area contributed by atoms with E-state index in [0.717, 1.165) is 50.8 Å². The molecule has 1 aromatic rings. The number of piperidine rings is 1. The van der Waals surface area contributed by atoms with Gasteiger partial charge < -0.3 is 16.0 Å². The summed E-state index contributed by atoms with van der Waals surface area (Å²) in [7, 11) is 0. The molecule has 3 N–H and O–H groups in total. The number of hydrogen-bond acceptors (Lipinski definition) is 4. The van der Waals surface area contributed by atoms with Crippen LogP contribution in [0.5, 0.6) is 0 Å². The lowest BCUT2D eigenvalue weighted by Crippen LogP contribution is -2.56. The number of anilines is 1. The van der Waals surface area contributed by atoms with E-state index in [2.05, 4.69) is 10.3 Å². The van der Waals surface area contributed by atoms with E-state index < -0.39 is 17.3 Å². The van der Waals surface area contributed by atoms with Crippen molar-refractivity contribution < 1.29 is 18.0 Å². The second kappa shape index (κ2) is 9.30. The number of aromatic nitrogens is 1. The molecule has 1 aromatic heterocycles. The molecule has 2 aliphatic rings. The van der Waals surface area contributed by atoms with Crippen LogP contribution in [0.15, 0.2) is 18.3 Å². The number of alkyl halides is 3. The topological polar surface area (TPSA) is 71.2 Å². The van der Waals surface area contributed by atoms with Gasteiger partial charge in [-0.1, -0.05) is 12.8 Å². The third-order valence-corrected chi connectivity index (χ3v) is 5.18. The third kappa shape index (κ3) is 5.62. The zero-order chi connectivity index (χ0) is 18.1. The summed E-state index contributed by atoms with van der Waals surface area (Å²) in [5.41, 5.74) is 4.69. The van der Waals surface area contributed by atoms with E-state index in [9.17, 15) is 18.0 Å². The Hall–Kier alpha value is -1.25. The highest BCUT2D eigenvalue weighted by Gasteiger charge is 2.38. The highest BCUT2D eigenvalue weighted by molar-refractivity contribution is 5.86.